The number of benzene rings is 1. The first-order chi connectivity index (χ1) is 7.26. The first-order valence-electron chi connectivity index (χ1n) is 5.99. The predicted molar refractivity (Wildman–Crippen MR) is 65.4 cm³/mol. The maximum Gasteiger partial charge on any atom is 0.119 e. The molecule has 1 nitrogen and oxygen atoms in total. The minimum atomic E-state index is 0.391. The second-order valence-electron chi connectivity index (χ2n) is 4.13. The molecule has 84 valence electrons. The van der Waals surface area contributed by atoms with Gasteiger partial charge >= 0.3 is 0 Å². The van der Waals surface area contributed by atoms with Crippen LogP contribution in [0.25, 0.3) is 0 Å². The monoisotopic (exact) mass is 206 g/mol. The minimum Gasteiger partial charge on any atom is -0.490 e. The summed E-state index contributed by atoms with van der Waals surface area (Å²) in [5.41, 5.74) is 1.28. The standard InChI is InChI=1S/C14H22O/c1-4-6-13(7-5-2)15-14-10-8-12(3)9-11-14/h8-11,13H,4-7H2,1-3H3. The Morgan fingerprint density at radius 3 is 2.00 bits per heavy atom. The summed E-state index contributed by atoms with van der Waals surface area (Å²) in [7, 11) is 0. The van der Waals surface area contributed by atoms with Crippen LogP contribution in [0.5, 0.6) is 5.75 Å². The molecule has 15 heavy (non-hydrogen) atoms. The van der Waals surface area contributed by atoms with Crippen molar-refractivity contribution in [2.45, 2.75) is 52.6 Å². The number of hydrogen-bond donors (Lipinski definition) is 0. The molecule has 0 amide bonds. The van der Waals surface area contributed by atoms with Crippen LogP contribution in [0.1, 0.15) is 45.1 Å². The molecular weight excluding hydrogens is 184 g/mol. The van der Waals surface area contributed by atoms with Crippen LogP contribution in [0, 0.1) is 6.92 Å². The Hall–Kier alpha value is -0.980. The van der Waals surface area contributed by atoms with E-state index in [1.165, 1.54) is 18.4 Å². The molecule has 0 fully saturated rings. The zero-order chi connectivity index (χ0) is 11.1. The number of aryl methyl sites for hydroxylation is 1. The van der Waals surface area contributed by atoms with E-state index >= 15 is 0 Å². The molecule has 0 radical (unpaired) electrons. The lowest BCUT2D eigenvalue weighted by molar-refractivity contribution is 0.179. The zero-order valence-electron chi connectivity index (χ0n) is 10.1. The molecule has 1 aromatic carbocycles. The molecule has 0 aromatic heterocycles. The van der Waals surface area contributed by atoms with Crippen molar-refractivity contribution in [2.24, 2.45) is 0 Å². The van der Waals surface area contributed by atoms with Crippen LogP contribution < -0.4 is 4.74 Å². The molecule has 1 aromatic rings. The summed E-state index contributed by atoms with van der Waals surface area (Å²) in [5, 5.41) is 0. The fourth-order valence-corrected chi connectivity index (χ4v) is 1.72. The fraction of sp³-hybridized carbons (Fsp3) is 0.571. The van der Waals surface area contributed by atoms with Crippen molar-refractivity contribution in [3.63, 3.8) is 0 Å². The van der Waals surface area contributed by atoms with Gasteiger partial charge in [0.1, 0.15) is 5.75 Å². The highest BCUT2D eigenvalue weighted by Gasteiger charge is 2.07. The topological polar surface area (TPSA) is 9.23 Å². The summed E-state index contributed by atoms with van der Waals surface area (Å²) in [6.07, 6.45) is 5.08. The normalized spacial score (nSPS) is 10.7. The molecule has 0 bridgehead atoms. The minimum absolute atomic E-state index is 0.391. The molecule has 0 aliphatic rings. The molecule has 0 saturated carbocycles. The first-order valence-corrected chi connectivity index (χ1v) is 5.99. The number of hydrogen-bond acceptors (Lipinski definition) is 1. The van der Waals surface area contributed by atoms with Crippen molar-refractivity contribution in [3.05, 3.63) is 29.8 Å². The summed E-state index contributed by atoms with van der Waals surface area (Å²) >= 11 is 0. The van der Waals surface area contributed by atoms with E-state index in [0.717, 1.165) is 18.6 Å². The van der Waals surface area contributed by atoms with Gasteiger partial charge in [0, 0.05) is 0 Å². The molecule has 0 spiro atoms. The van der Waals surface area contributed by atoms with Gasteiger partial charge in [0.2, 0.25) is 0 Å². The van der Waals surface area contributed by atoms with Gasteiger partial charge in [-0.2, -0.15) is 0 Å². The summed E-state index contributed by atoms with van der Waals surface area (Å²) in [6, 6.07) is 8.33. The highest BCUT2D eigenvalue weighted by Crippen LogP contribution is 2.17. The van der Waals surface area contributed by atoms with E-state index in [-0.39, 0.29) is 0 Å². The molecule has 0 aliphatic heterocycles. The Kier molecular flexibility index (Phi) is 5.23. The molecule has 0 atom stereocenters. The quantitative estimate of drug-likeness (QED) is 0.672. The van der Waals surface area contributed by atoms with Crippen molar-refractivity contribution < 1.29 is 4.74 Å². The van der Waals surface area contributed by atoms with Gasteiger partial charge < -0.3 is 4.74 Å². The van der Waals surface area contributed by atoms with Crippen LogP contribution >= 0.6 is 0 Å². The van der Waals surface area contributed by atoms with E-state index in [9.17, 15) is 0 Å². The molecule has 0 saturated heterocycles. The smallest absolute Gasteiger partial charge is 0.119 e. The Morgan fingerprint density at radius 1 is 1.00 bits per heavy atom. The molecule has 0 unspecified atom stereocenters. The highest BCUT2D eigenvalue weighted by molar-refractivity contribution is 5.26. The van der Waals surface area contributed by atoms with E-state index in [2.05, 4.69) is 45.0 Å². The van der Waals surface area contributed by atoms with Crippen LogP contribution in [0.4, 0.5) is 0 Å². The molecular formula is C14H22O. The maximum absolute atomic E-state index is 5.95. The summed E-state index contributed by atoms with van der Waals surface area (Å²) in [5.74, 6) is 1.01. The number of ether oxygens (including phenoxy) is 1. The van der Waals surface area contributed by atoms with Gasteiger partial charge in [-0.15, -0.1) is 0 Å². The van der Waals surface area contributed by atoms with Crippen molar-refractivity contribution in [3.8, 4) is 5.75 Å². The Balaban J connectivity index is 2.53. The first kappa shape index (κ1) is 12.1. The van der Waals surface area contributed by atoms with E-state index < -0.39 is 0 Å². The third-order valence-corrected chi connectivity index (χ3v) is 2.55. The van der Waals surface area contributed by atoms with Gasteiger partial charge in [-0.25, -0.2) is 0 Å². The van der Waals surface area contributed by atoms with Crippen LogP contribution in [0.2, 0.25) is 0 Å². The van der Waals surface area contributed by atoms with E-state index in [0.29, 0.717) is 6.10 Å². The van der Waals surface area contributed by atoms with Crippen LogP contribution in [-0.2, 0) is 0 Å². The SMILES string of the molecule is CCCC(CCC)Oc1ccc(C)cc1. The number of rotatable bonds is 6. The third kappa shape index (κ3) is 4.37. The predicted octanol–water partition coefficient (Wildman–Crippen LogP) is 4.34. The van der Waals surface area contributed by atoms with Gasteiger partial charge in [0.15, 0.2) is 0 Å². The molecule has 1 heteroatoms. The summed E-state index contributed by atoms with van der Waals surface area (Å²) < 4.78 is 5.95. The van der Waals surface area contributed by atoms with Gasteiger partial charge in [-0.3, -0.25) is 0 Å². The Bertz CT molecular complexity index is 257. The zero-order valence-corrected chi connectivity index (χ0v) is 10.1. The van der Waals surface area contributed by atoms with Crippen molar-refractivity contribution in [1.29, 1.82) is 0 Å². The Labute approximate surface area is 93.5 Å². The third-order valence-electron chi connectivity index (χ3n) is 2.55. The van der Waals surface area contributed by atoms with Crippen LogP contribution in [0.3, 0.4) is 0 Å². The van der Waals surface area contributed by atoms with Crippen molar-refractivity contribution in [2.75, 3.05) is 0 Å². The summed E-state index contributed by atoms with van der Waals surface area (Å²) in [6.45, 7) is 6.52. The van der Waals surface area contributed by atoms with E-state index in [1.54, 1.807) is 0 Å². The highest BCUT2D eigenvalue weighted by atomic mass is 16.5. The van der Waals surface area contributed by atoms with Gasteiger partial charge in [-0.05, 0) is 31.9 Å². The average molecular weight is 206 g/mol. The van der Waals surface area contributed by atoms with Gasteiger partial charge in [-0.1, -0.05) is 44.4 Å². The Morgan fingerprint density at radius 2 is 1.53 bits per heavy atom. The molecule has 0 aliphatic carbocycles. The van der Waals surface area contributed by atoms with Crippen molar-refractivity contribution >= 4 is 0 Å². The molecule has 1 rings (SSSR count). The van der Waals surface area contributed by atoms with Crippen molar-refractivity contribution in [1.82, 2.24) is 0 Å². The maximum atomic E-state index is 5.95. The molecule has 0 heterocycles. The largest absolute Gasteiger partial charge is 0.490 e. The lowest BCUT2D eigenvalue weighted by atomic mass is 10.1. The van der Waals surface area contributed by atoms with Gasteiger partial charge in [0.25, 0.3) is 0 Å². The lowest BCUT2D eigenvalue weighted by Gasteiger charge is -2.17. The lowest BCUT2D eigenvalue weighted by Crippen LogP contribution is -2.15. The van der Waals surface area contributed by atoms with Gasteiger partial charge in [0.05, 0.1) is 6.10 Å². The van der Waals surface area contributed by atoms with E-state index in [4.69, 9.17) is 4.74 Å². The average Bonchev–Trinajstić information content (AvgIpc) is 2.22. The van der Waals surface area contributed by atoms with E-state index in [1.807, 2.05) is 0 Å². The molecule has 0 N–H and O–H groups in total. The van der Waals surface area contributed by atoms with Crippen LogP contribution in [0.15, 0.2) is 24.3 Å². The second kappa shape index (κ2) is 6.49. The second-order valence-corrected chi connectivity index (χ2v) is 4.13. The van der Waals surface area contributed by atoms with Crippen LogP contribution in [-0.4, -0.2) is 6.10 Å². The fourth-order valence-electron chi connectivity index (χ4n) is 1.72. The summed E-state index contributed by atoms with van der Waals surface area (Å²) in [4.78, 5) is 0.